The van der Waals surface area contributed by atoms with E-state index in [2.05, 4.69) is 5.32 Å². The molecule has 1 unspecified atom stereocenters. The Bertz CT molecular complexity index is 486. The molecule has 1 aromatic carbocycles. The molecule has 0 spiro atoms. The average Bonchev–Trinajstić information content (AvgIpc) is 3.23. The third-order valence-corrected chi connectivity index (χ3v) is 3.77. The molecule has 1 amide bonds. The fourth-order valence-corrected chi connectivity index (χ4v) is 2.24. The van der Waals surface area contributed by atoms with E-state index in [-0.39, 0.29) is 23.0 Å². The number of phenols is 1. The number of rotatable bonds is 5. The Hall–Kier alpha value is -1.75. The largest absolute Gasteiger partial charge is 0.504 e. The predicted octanol–water partition coefficient (Wildman–Crippen LogP) is 1.26. The van der Waals surface area contributed by atoms with Gasteiger partial charge in [-0.15, -0.1) is 0 Å². The lowest BCUT2D eigenvalue weighted by Gasteiger charge is -2.29. The van der Waals surface area contributed by atoms with Crippen LogP contribution in [0.4, 0.5) is 0 Å². The van der Waals surface area contributed by atoms with Gasteiger partial charge in [0.15, 0.2) is 11.5 Å². The molecule has 0 radical (unpaired) electrons. The van der Waals surface area contributed by atoms with Crippen LogP contribution in [0.15, 0.2) is 18.2 Å². The molecular weight excluding hydrogens is 244 g/mol. The van der Waals surface area contributed by atoms with Gasteiger partial charge in [-0.2, -0.15) is 0 Å². The monoisotopic (exact) mass is 264 g/mol. The molecule has 0 saturated heterocycles. The number of aromatic hydroxyl groups is 1. The molecule has 19 heavy (non-hydrogen) atoms. The van der Waals surface area contributed by atoms with E-state index in [9.17, 15) is 9.90 Å². The summed E-state index contributed by atoms with van der Waals surface area (Å²) in [5.41, 5.74) is 5.56. The van der Waals surface area contributed by atoms with Crippen LogP contribution in [0, 0.1) is 5.92 Å². The van der Waals surface area contributed by atoms with Crippen LogP contribution in [0.1, 0.15) is 30.1 Å². The van der Waals surface area contributed by atoms with E-state index in [1.54, 1.807) is 18.2 Å². The highest BCUT2D eigenvalue weighted by molar-refractivity contribution is 5.98. The number of ether oxygens (including phenoxy) is 1. The molecule has 1 aliphatic rings. The first-order chi connectivity index (χ1) is 9.01. The molecule has 1 atom stereocenters. The van der Waals surface area contributed by atoms with Crippen molar-refractivity contribution in [1.82, 2.24) is 5.32 Å². The van der Waals surface area contributed by atoms with Gasteiger partial charge in [-0.3, -0.25) is 4.79 Å². The van der Waals surface area contributed by atoms with Crippen molar-refractivity contribution >= 4 is 5.91 Å². The van der Waals surface area contributed by atoms with Gasteiger partial charge in [0.1, 0.15) is 0 Å². The van der Waals surface area contributed by atoms with Crippen LogP contribution in [0.25, 0.3) is 0 Å². The maximum absolute atomic E-state index is 12.3. The molecule has 2 rings (SSSR count). The molecule has 1 aliphatic carbocycles. The molecule has 0 aromatic heterocycles. The number of benzene rings is 1. The number of nitrogens with one attached hydrogen (secondary N) is 1. The normalized spacial score (nSPS) is 17.6. The Morgan fingerprint density at radius 2 is 2.26 bits per heavy atom. The second-order valence-corrected chi connectivity index (χ2v) is 5.21. The minimum atomic E-state index is -0.410. The number of nitrogens with two attached hydrogens (primary N) is 1. The summed E-state index contributed by atoms with van der Waals surface area (Å²) in [7, 11) is 1.45. The number of hydrogen-bond acceptors (Lipinski definition) is 4. The van der Waals surface area contributed by atoms with Gasteiger partial charge >= 0.3 is 0 Å². The van der Waals surface area contributed by atoms with E-state index < -0.39 is 5.54 Å². The Morgan fingerprint density at radius 3 is 2.79 bits per heavy atom. The van der Waals surface area contributed by atoms with Crippen LogP contribution in [0.5, 0.6) is 11.5 Å². The maximum Gasteiger partial charge on any atom is 0.255 e. The summed E-state index contributed by atoms with van der Waals surface area (Å²) in [6.45, 7) is 2.33. The van der Waals surface area contributed by atoms with E-state index in [0.717, 1.165) is 12.8 Å². The topological polar surface area (TPSA) is 84.6 Å². The predicted molar refractivity (Wildman–Crippen MR) is 72.3 cm³/mol. The van der Waals surface area contributed by atoms with Crippen molar-refractivity contribution in [3.8, 4) is 11.5 Å². The number of carbonyl (C=O) groups excluding carboxylic acids is 1. The van der Waals surface area contributed by atoms with E-state index in [4.69, 9.17) is 10.5 Å². The molecule has 5 heteroatoms. The van der Waals surface area contributed by atoms with Gasteiger partial charge in [-0.1, -0.05) is 6.07 Å². The maximum atomic E-state index is 12.3. The smallest absolute Gasteiger partial charge is 0.255 e. The lowest BCUT2D eigenvalue weighted by atomic mass is 9.95. The van der Waals surface area contributed by atoms with Crippen LogP contribution in [0.2, 0.25) is 0 Å². The molecule has 0 aliphatic heterocycles. The highest BCUT2D eigenvalue weighted by Gasteiger charge is 2.41. The van der Waals surface area contributed by atoms with Crippen molar-refractivity contribution in [2.24, 2.45) is 11.7 Å². The van der Waals surface area contributed by atoms with E-state index in [1.807, 2.05) is 6.92 Å². The van der Waals surface area contributed by atoms with E-state index in [1.165, 1.54) is 7.11 Å². The summed E-state index contributed by atoms with van der Waals surface area (Å²) < 4.78 is 5.00. The quantitative estimate of drug-likeness (QED) is 0.747. The minimum absolute atomic E-state index is 0.141. The van der Waals surface area contributed by atoms with Gasteiger partial charge in [0, 0.05) is 6.54 Å². The number of amides is 1. The fraction of sp³-hybridized carbons (Fsp3) is 0.500. The van der Waals surface area contributed by atoms with Gasteiger partial charge in [0.25, 0.3) is 5.91 Å². The summed E-state index contributed by atoms with van der Waals surface area (Å²) in [6, 6.07) is 4.84. The second kappa shape index (κ2) is 5.09. The third kappa shape index (κ3) is 2.66. The number of hydrogen-bond donors (Lipinski definition) is 3. The van der Waals surface area contributed by atoms with Crippen molar-refractivity contribution in [3.63, 3.8) is 0 Å². The third-order valence-electron chi connectivity index (χ3n) is 3.77. The van der Waals surface area contributed by atoms with Gasteiger partial charge in [-0.05, 0) is 37.8 Å². The van der Waals surface area contributed by atoms with Crippen molar-refractivity contribution in [2.75, 3.05) is 13.7 Å². The summed E-state index contributed by atoms with van der Waals surface area (Å²) in [5.74, 6) is 0.247. The highest BCUT2D eigenvalue weighted by Crippen LogP contribution is 2.39. The molecule has 1 fully saturated rings. The summed E-state index contributed by atoms with van der Waals surface area (Å²) in [5, 5.41) is 12.9. The number of methoxy groups -OCH3 is 1. The Labute approximate surface area is 112 Å². The Kier molecular flexibility index (Phi) is 3.66. The zero-order valence-corrected chi connectivity index (χ0v) is 11.3. The molecular formula is C14H20N2O3. The van der Waals surface area contributed by atoms with E-state index in [0.29, 0.717) is 12.5 Å². The molecule has 1 saturated carbocycles. The summed E-state index contributed by atoms with van der Waals surface area (Å²) in [6.07, 6.45) is 2.16. The number of phenolic OH excluding ortho intramolecular Hbond substituents is 1. The first kappa shape index (κ1) is 13.7. The van der Waals surface area contributed by atoms with Crippen LogP contribution in [-0.2, 0) is 0 Å². The number of para-hydroxylation sites is 1. The van der Waals surface area contributed by atoms with Gasteiger partial charge in [-0.25, -0.2) is 0 Å². The van der Waals surface area contributed by atoms with Crippen LogP contribution in [0.3, 0.4) is 0 Å². The molecule has 4 N–H and O–H groups in total. The van der Waals surface area contributed by atoms with Crippen molar-refractivity contribution in [1.29, 1.82) is 0 Å². The molecule has 1 aromatic rings. The van der Waals surface area contributed by atoms with Crippen LogP contribution < -0.4 is 15.8 Å². The molecule has 0 heterocycles. The van der Waals surface area contributed by atoms with Crippen molar-refractivity contribution < 1.29 is 14.6 Å². The molecule has 0 bridgehead atoms. The zero-order valence-electron chi connectivity index (χ0n) is 11.3. The minimum Gasteiger partial charge on any atom is -0.504 e. The Morgan fingerprint density at radius 1 is 1.58 bits per heavy atom. The second-order valence-electron chi connectivity index (χ2n) is 5.21. The van der Waals surface area contributed by atoms with E-state index >= 15 is 0 Å². The van der Waals surface area contributed by atoms with Gasteiger partial charge in [0.05, 0.1) is 18.2 Å². The van der Waals surface area contributed by atoms with Gasteiger partial charge in [0.2, 0.25) is 0 Å². The average molecular weight is 264 g/mol. The lowest BCUT2D eigenvalue weighted by Crippen LogP contribution is -2.53. The first-order valence-corrected chi connectivity index (χ1v) is 6.40. The number of carbonyl (C=O) groups is 1. The zero-order chi connectivity index (χ0) is 14.0. The van der Waals surface area contributed by atoms with Gasteiger partial charge < -0.3 is 20.9 Å². The fourth-order valence-electron chi connectivity index (χ4n) is 2.24. The lowest BCUT2D eigenvalue weighted by molar-refractivity contribution is 0.0894. The Balaban J connectivity index is 2.20. The first-order valence-electron chi connectivity index (χ1n) is 6.40. The van der Waals surface area contributed by atoms with Crippen molar-refractivity contribution in [3.05, 3.63) is 23.8 Å². The highest BCUT2D eigenvalue weighted by atomic mass is 16.5. The molecule has 5 nitrogen and oxygen atoms in total. The standard InChI is InChI=1S/C14H20N2O3/c1-14(8-15,9-6-7-9)16-13(18)10-4-3-5-11(19-2)12(10)17/h3-5,9,17H,6-8,15H2,1-2H3,(H,16,18). The SMILES string of the molecule is COc1cccc(C(=O)NC(C)(CN)C2CC2)c1O. The van der Waals surface area contributed by atoms with Crippen molar-refractivity contribution in [2.45, 2.75) is 25.3 Å². The van der Waals surface area contributed by atoms with Crippen LogP contribution >= 0.6 is 0 Å². The van der Waals surface area contributed by atoms with Crippen LogP contribution in [-0.4, -0.2) is 30.2 Å². The summed E-state index contributed by atoms with van der Waals surface area (Å²) in [4.78, 5) is 12.3. The summed E-state index contributed by atoms with van der Waals surface area (Å²) >= 11 is 0. The molecule has 104 valence electrons.